The van der Waals surface area contributed by atoms with E-state index < -0.39 is 0 Å². The second-order valence-electron chi connectivity index (χ2n) is 12.5. The first-order valence-electron chi connectivity index (χ1n) is 16.7. The number of hydrogen-bond acceptors (Lipinski definition) is 4. The number of hydrogen-bond donors (Lipinski definition) is 0. The molecule has 0 saturated carbocycles. The zero-order valence-corrected chi connectivity index (χ0v) is 26.9. The Hall–Kier alpha value is -6.85. The van der Waals surface area contributed by atoms with Crippen LogP contribution in [0.4, 0.5) is 0 Å². The topological polar surface area (TPSA) is 56.7 Å². The van der Waals surface area contributed by atoms with Gasteiger partial charge >= 0.3 is 0 Å². The van der Waals surface area contributed by atoms with Gasteiger partial charge in [0.05, 0.1) is 22.2 Å². The third-order valence-electron chi connectivity index (χ3n) is 9.58. The minimum Gasteiger partial charge on any atom is -0.416 e. The van der Waals surface area contributed by atoms with Crippen LogP contribution < -0.4 is 0 Å². The van der Waals surface area contributed by atoms with Gasteiger partial charge in [-0.3, -0.25) is 0 Å². The van der Waals surface area contributed by atoms with E-state index in [0.717, 1.165) is 66.5 Å². The molecule has 50 heavy (non-hydrogen) atoms. The monoisotopic (exact) mass is 640 g/mol. The Labute approximate surface area is 287 Å². The number of rotatable bonds is 5. The van der Waals surface area contributed by atoms with Gasteiger partial charge in [-0.1, -0.05) is 121 Å². The number of aromatic nitrogens is 4. The van der Waals surface area contributed by atoms with Crippen molar-refractivity contribution in [2.75, 3.05) is 0 Å². The van der Waals surface area contributed by atoms with Crippen LogP contribution in [0.25, 0.3) is 94.5 Å². The molecule has 0 bridgehead atoms. The summed E-state index contributed by atoms with van der Waals surface area (Å²) in [5.74, 6) is 1.01. The largest absolute Gasteiger partial charge is 0.416 e. The summed E-state index contributed by atoms with van der Waals surface area (Å²) in [4.78, 5) is 5.30. The summed E-state index contributed by atoms with van der Waals surface area (Å²) in [5, 5.41) is 14.5. The Bertz CT molecular complexity index is 2840. The average Bonchev–Trinajstić information content (AvgIpc) is 3.82. The molecular formula is C45H28N4O. The predicted octanol–water partition coefficient (Wildman–Crippen LogP) is 11.5. The number of fused-ring (bicyclic) bond motifs is 7. The smallest absolute Gasteiger partial charge is 0.248 e. The fourth-order valence-corrected chi connectivity index (χ4v) is 7.22. The summed E-state index contributed by atoms with van der Waals surface area (Å²) in [6.07, 6.45) is 0. The lowest BCUT2D eigenvalue weighted by atomic mass is 9.97. The fourth-order valence-electron chi connectivity index (χ4n) is 7.22. The van der Waals surface area contributed by atoms with Crippen LogP contribution in [-0.2, 0) is 0 Å². The van der Waals surface area contributed by atoms with E-state index in [4.69, 9.17) is 9.40 Å². The van der Waals surface area contributed by atoms with Crippen molar-refractivity contribution >= 4 is 43.5 Å². The minimum absolute atomic E-state index is 0.501. The third-order valence-corrected chi connectivity index (χ3v) is 9.58. The standard InChI is InChI=1S/C45H28N4O/c1-3-11-31(12-4-1)42-41-37(35-15-7-9-17-39(35)46-42)27-28-38-36-16-8-10-18-40(36)49(43(38)41)34-25-23-30(24-26-34)29-19-21-33(22-20-29)45-48-47-44(50-45)32-13-5-2-6-14-32/h1-28H. The number of pyridine rings is 1. The van der Waals surface area contributed by atoms with E-state index in [9.17, 15) is 0 Å². The fraction of sp³-hybridized carbons (Fsp3) is 0. The maximum atomic E-state index is 5.99. The van der Waals surface area contributed by atoms with Crippen molar-refractivity contribution in [1.82, 2.24) is 19.7 Å². The summed E-state index contributed by atoms with van der Waals surface area (Å²) >= 11 is 0. The third kappa shape index (κ3) is 4.52. The highest BCUT2D eigenvalue weighted by molar-refractivity contribution is 6.25. The average molecular weight is 641 g/mol. The molecule has 0 amide bonds. The first-order chi connectivity index (χ1) is 24.8. The van der Waals surface area contributed by atoms with Gasteiger partial charge in [0.25, 0.3) is 0 Å². The van der Waals surface area contributed by atoms with Crippen molar-refractivity contribution in [3.63, 3.8) is 0 Å². The highest BCUT2D eigenvalue weighted by Gasteiger charge is 2.20. The van der Waals surface area contributed by atoms with Crippen molar-refractivity contribution in [1.29, 1.82) is 0 Å². The van der Waals surface area contributed by atoms with Crippen LogP contribution in [0, 0.1) is 0 Å². The normalized spacial score (nSPS) is 11.6. The molecular weight excluding hydrogens is 613 g/mol. The van der Waals surface area contributed by atoms with Gasteiger partial charge in [-0.05, 0) is 65.0 Å². The summed E-state index contributed by atoms with van der Waals surface area (Å²) < 4.78 is 8.40. The van der Waals surface area contributed by atoms with E-state index in [1.54, 1.807) is 0 Å². The van der Waals surface area contributed by atoms with Crippen LogP contribution in [-0.4, -0.2) is 19.7 Å². The molecule has 0 aliphatic rings. The van der Waals surface area contributed by atoms with Gasteiger partial charge in [0, 0.05) is 43.9 Å². The molecule has 0 fully saturated rings. The van der Waals surface area contributed by atoms with Crippen molar-refractivity contribution < 1.29 is 4.42 Å². The molecule has 5 nitrogen and oxygen atoms in total. The van der Waals surface area contributed by atoms with Crippen molar-refractivity contribution in [2.24, 2.45) is 0 Å². The second kappa shape index (κ2) is 11.4. The van der Waals surface area contributed by atoms with Gasteiger partial charge in [-0.2, -0.15) is 0 Å². The van der Waals surface area contributed by atoms with Gasteiger partial charge in [-0.25, -0.2) is 4.98 Å². The summed E-state index contributed by atoms with van der Waals surface area (Å²) in [6, 6.07) is 59.1. The molecule has 0 aliphatic heterocycles. The summed E-state index contributed by atoms with van der Waals surface area (Å²) in [5.41, 5.74) is 10.5. The van der Waals surface area contributed by atoms with E-state index in [-0.39, 0.29) is 0 Å². The van der Waals surface area contributed by atoms with Gasteiger partial charge in [0.15, 0.2) is 0 Å². The van der Waals surface area contributed by atoms with E-state index in [1.807, 2.05) is 42.5 Å². The molecule has 3 aromatic heterocycles. The Kier molecular flexibility index (Phi) is 6.42. The van der Waals surface area contributed by atoms with Gasteiger partial charge < -0.3 is 8.98 Å². The number of nitrogens with zero attached hydrogens (tertiary/aromatic N) is 4. The van der Waals surface area contributed by atoms with Crippen LogP contribution in [0.2, 0.25) is 0 Å². The molecule has 0 aliphatic carbocycles. The second-order valence-corrected chi connectivity index (χ2v) is 12.5. The number of para-hydroxylation sites is 2. The lowest BCUT2D eigenvalue weighted by molar-refractivity contribution is 0.584. The molecule has 10 rings (SSSR count). The van der Waals surface area contributed by atoms with Crippen LogP contribution in [0.5, 0.6) is 0 Å². The Morgan fingerprint density at radius 2 is 0.940 bits per heavy atom. The van der Waals surface area contributed by atoms with Crippen LogP contribution in [0.1, 0.15) is 0 Å². The lowest BCUT2D eigenvalue weighted by Crippen LogP contribution is -1.97. The zero-order chi connectivity index (χ0) is 33.0. The Morgan fingerprint density at radius 1 is 0.400 bits per heavy atom. The van der Waals surface area contributed by atoms with Crippen LogP contribution >= 0.6 is 0 Å². The first kappa shape index (κ1) is 28.2. The van der Waals surface area contributed by atoms with Crippen LogP contribution in [0.3, 0.4) is 0 Å². The molecule has 0 spiro atoms. The molecule has 3 heterocycles. The maximum absolute atomic E-state index is 5.99. The molecule has 0 unspecified atom stereocenters. The SMILES string of the molecule is c1ccc(-c2nnc(-c3ccc(-c4ccc(-n5c6ccccc6c6ccc7c8ccccc8nc(-c8ccccc8)c7c65)cc4)cc3)o2)cc1. The lowest BCUT2D eigenvalue weighted by Gasteiger charge is -2.15. The molecule has 0 radical (unpaired) electrons. The molecule has 10 aromatic rings. The predicted molar refractivity (Wildman–Crippen MR) is 203 cm³/mol. The van der Waals surface area contributed by atoms with Crippen molar-refractivity contribution in [3.8, 4) is 51.0 Å². The molecule has 0 atom stereocenters. The summed E-state index contributed by atoms with van der Waals surface area (Å²) in [6.45, 7) is 0. The van der Waals surface area contributed by atoms with E-state index in [2.05, 4.69) is 142 Å². The van der Waals surface area contributed by atoms with Crippen molar-refractivity contribution in [3.05, 3.63) is 170 Å². The van der Waals surface area contributed by atoms with Crippen LogP contribution in [0.15, 0.2) is 174 Å². The minimum atomic E-state index is 0.501. The Balaban J connectivity index is 1.11. The van der Waals surface area contributed by atoms with Gasteiger partial charge in [0.2, 0.25) is 11.8 Å². The quantitative estimate of drug-likeness (QED) is 0.176. The van der Waals surface area contributed by atoms with Gasteiger partial charge in [-0.15, -0.1) is 10.2 Å². The molecule has 0 saturated heterocycles. The first-order valence-corrected chi connectivity index (χ1v) is 16.7. The highest BCUT2D eigenvalue weighted by Crippen LogP contribution is 2.42. The Morgan fingerprint density at radius 3 is 1.66 bits per heavy atom. The number of benzene rings is 7. The van der Waals surface area contributed by atoms with E-state index in [1.165, 1.54) is 16.2 Å². The maximum Gasteiger partial charge on any atom is 0.248 e. The van der Waals surface area contributed by atoms with Gasteiger partial charge in [0.1, 0.15) is 0 Å². The molecule has 0 N–H and O–H groups in total. The summed E-state index contributed by atoms with van der Waals surface area (Å²) in [7, 11) is 0. The van der Waals surface area contributed by atoms with E-state index in [0.29, 0.717) is 11.8 Å². The highest BCUT2D eigenvalue weighted by atomic mass is 16.4. The van der Waals surface area contributed by atoms with E-state index >= 15 is 0 Å². The molecule has 7 aromatic carbocycles. The molecule has 5 heteroatoms. The zero-order valence-electron chi connectivity index (χ0n) is 26.9. The molecule has 234 valence electrons. The van der Waals surface area contributed by atoms with Crippen molar-refractivity contribution in [2.45, 2.75) is 0 Å².